The topological polar surface area (TPSA) is 20.2 Å². The monoisotopic (exact) mass is 260 g/mol. The van der Waals surface area contributed by atoms with Crippen molar-refractivity contribution >= 4 is 11.6 Å². The van der Waals surface area contributed by atoms with Gasteiger partial charge in [0.15, 0.2) is 0 Å². The van der Waals surface area contributed by atoms with Crippen LogP contribution >= 0.6 is 11.6 Å². The summed E-state index contributed by atoms with van der Waals surface area (Å²) in [4.78, 5) is 0. The van der Waals surface area contributed by atoms with Crippen LogP contribution in [0.3, 0.4) is 0 Å². The van der Waals surface area contributed by atoms with Crippen LogP contribution in [0, 0.1) is 13.8 Å². The summed E-state index contributed by atoms with van der Waals surface area (Å²) in [6.45, 7) is 4.14. The van der Waals surface area contributed by atoms with Gasteiger partial charge in [0, 0.05) is 11.4 Å². The number of halogens is 1. The first-order valence-corrected chi connectivity index (χ1v) is 6.43. The Bertz CT molecular complexity index is 528. The van der Waals surface area contributed by atoms with E-state index in [9.17, 15) is 5.11 Å². The summed E-state index contributed by atoms with van der Waals surface area (Å²) in [5, 5.41) is 10.9. The first-order chi connectivity index (χ1) is 8.54. The van der Waals surface area contributed by atoms with Gasteiger partial charge in [-0.25, -0.2) is 0 Å². The maximum Gasteiger partial charge on any atom is 0.0830 e. The zero-order valence-electron chi connectivity index (χ0n) is 10.7. The lowest BCUT2D eigenvalue weighted by atomic mass is 9.98. The van der Waals surface area contributed by atoms with E-state index in [1.54, 1.807) is 0 Å². The van der Waals surface area contributed by atoms with E-state index >= 15 is 0 Å². The van der Waals surface area contributed by atoms with Crippen molar-refractivity contribution in [2.24, 2.45) is 0 Å². The zero-order valence-corrected chi connectivity index (χ0v) is 11.4. The van der Waals surface area contributed by atoms with E-state index in [1.807, 2.05) is 24.3 Å². The Morgan fingerprint density at radius 3 is 2.33 bits per heavy atom. The van der Waals surface area contributed by atoms with Crippen molar-refractivity contribution in [1.29, 1.82) is 0 Å². The molecule has 1 N–H and O–H groups in total. The van der Waals surface area contributed by atoms with E-state index in [0.717, 1.165) is 11.1 Å². The van der Waals surface area contributed by atoms with Crippen molar-refractivity contribution in [2.45, 2.75) is 26.4 Å². The number of hydrogen-bond acceptors (Lipinski definition) is 1. The van der Waals surface area contributed by atoms with Crippen LogP contribution in [-0.4, -0.2) is 5.11 Å². The normalized spacial score (nSPS) is 12.4. The number of aryl methyl sites for hydroxylation is 2. The molecule has 94 valence electrons. The van der Waals surface area contributed by atoms with Crippen LogP contribution < -0.4 is 0 Å². The molecule has 0 saturated heterocycles. The average molecular weight is 261 g/mol. The van der Waals surface area contributed by atoms with Gasteiger partial charge in [-0.2, -0.15) is 0 Å². The molecule has 2 heteroatoms. The van der Waals surface area contributed by atoms with Gasteiger partial charge in [0.2, 0.25) is 0 Å². The molecule has 0 heterocycles. The molecule has 0 bridgehead atoms. The van der Waals surface area contributed by atoms with Crippen molar-refractivity contribution < 1.29 is 5.11 Å². The van der Waals surface area contributed by atoms with E-state index in [1.165, 1.54) is 11.1 Å². The molecule has 0 saturated carbocycles. The third-order valence-electron chi connectivity index (χ3n) is 2.94. The molecule has 18 heavy (non-hydrogen) atoms. The first-order valence-electron chi connectivity index (χ1n) is 6.05. The number of benzene rings is 2. The second-order valence-electron chi connectivity index (χ2n) is 4.77. The highest BCUT2D eigenvalue weighted by molar-refractivity contribution is 6.30. The van der Waals surface area contributed by atoms with Crippen LogP contribution in [0.15, 0.2) is 42.5 Å². The smallest absolute Gasteiger partial charge is 0.0830 e. The van der Waals surface area contributed by atoms with E-state index in [2.05, 4.69) is 32.0 Å². The molecule has 2 aromatic carbocycles. The van der Waals surface area contributed by atoms with Crippen molar-refractivity contribution in [3.8, 4) is 0 Å². The van der Waals surface area contributed by atoms with E-state index in [-0.39, 0.29) is 0 Å². The fourth-order valence-corrected chi connectivity index (χ4v) is 2.44. The van der Waals surface area contributed by atoms with Gasteiger partial charge in [-0.1, -0.05) is 53.1 Å². The third kappa shape index (κ3) is 3.34. The molecule has 0 aliphatic heterocycles. The molecule has 0 aromatic heterocycles. The Balaban J connectivity index is 2.18. The standard InChI is InChI=1S/C16H17ClO/c1-11-6-12(2)8-13(7-11)9-16(18)14-4-3-5-15(17)10-14/h3-8,10,16,18H,9H2,1-2H3. The lowest BCUT2D eigenvalue weighted by Crippen LogP contribution is -2.02. The van der Waals surface area contributed by atoms with Gasteiger partial charge in [0.05, 0.1) is 6.10 Å². The van der Waals surface area contributed by atoms with E-state index in [0.29, 0.717) is 11.4 Å². The summed E-state index contributed by atoms with van der Waals surface area (Å²) in [6, 6.07) is 13.8. The number of hydrogen-bond donors (Lipinski definition) is 1. The summed E-state index contributed by atoms with van der Waals surface area (Å²) < 4.78 is 0. The van der Waals surface area contributed by atoms with Gasteiger partial charge in [0.25, 0.3) is 0 Å². The van der Waals surface area contributed by atoms with Crippen LogP contribution in [0.5, 0.6) is 0 Å². The Labute approximate surface area is 113 Å². The largest absolute Gasteiger partial charge is 0.388 e. The number of aliphatic hydroxyl groups excluding tert-OH is 1. The van der Waals surface area contributed by atoms with E-state index in [4.69, 9.17) is 11.6 Å². The SMILES string of the molecule is Cc1cc(C)cc(CC(O)c2cccc(Cl)c2)c1. The Morgan fingerprint density at radius 2 is 1.72 bits per heavy atom. The Hall–Kier alpha value is -1.31. The van der Waals surface area contributed by atoms with Gasteiger partial charge < -0.3 is 5.11 Å². The minimum atomic E-state index is -0.509. The first kappa shape index (κ1) is 13.1. The van der Waals surface area contributed by atoms with Crippen LogP contribution in [0.25, 0.3) is 0 Å². The Kier molecular flexibility index (Phi) is 4.05. The lowest BCUT2D eigenvalue weighted by Gasteiger charge is -2.12. The second-order valence-corrected chi connectivity index (χ2v) is 5.21. The summed E-state index contributed by atoms with van der Waals surface area (Å²) in [6.07, 6.45) is 0.105. The van der Waals surface area contributed by atoms with Gasteiger partial charge in [-0.3, -0.25) is 0 Å². The molecule has 1 atom stereocenters. The van der Waals surface area contributed by atoms with Crippen LogP contribution in [-0.2, 0) is 6.42 Å². The summed E-state index contributed by atoms with van der Waals surface area (Å²) in [7, 11) is 0. The maximum absolute atomic E-state index is 10.2. The fourth-order valence-electron chi connectivity index (χ4n) is 2.24. The fraction of sp³-hybridized carbons (Fsp3) is 0.250. The van der Waals surface area contributed by atoms with Gasteiger partial charge in [0.1, 0.15) is 0 Å². The van der Waals surface area contributed by atoms with Crippen LogP contribution in [0.2, 0.25) is 5.02 Å². The van der Waals surface area contributed by atoms with Gasteiger partial charge in [-0.15, -0.1) is 0 Å². The zero-order chi connectivity index (χ0) is 13.1. The molecule has 1 unspecified atom stereocenters. The molecule has 1 nitrogen and oxygen atoms in total. The molecular weight excluding hydrogens is 244 g/mol. The highest BCUT2D eigenvalue weighted by Crippen LogP contribution is 2.22. The highest BCUT2D eigenvalue weighted by Gasteiger charge is 2.09. The Morgan fingerprint density at radius 1 is 1.06 bits per heavy atom. The molecule has 0 aliphatic rings. The highest BCUT2D eigenvalue weighted by atomic mass is 35.5. The summed E-state index contributed by atoms with van der Waals surface area (Å²) in [5.41, 5.74) is 4.47. The summed E-state index contributed by atoms with van der Waals surface area (Å²) in [5.74, 6) is 0. The van der Waals surface area contributed by atoms with Crippen molar-refractivity contribution in [3.63, 3.8) is 0 Å². The minimum Gasteiger partial charge on any atom is -0.388 e. The molecule has 0 fully saturated rings. The molecule has 0 amide bonds. The maximum atomic E-state index is 10.2. The van der Waals surface area contributed by atoms with Crippen molar-refractivity contribution in [2.75, 3.05) is 0 Å². The molecule has 0 spiro atoms. The van der Waals surface area contributed by atoms with Crippen molar-refractivity contribution in [3.05, 3.63) is 69.7 Å². The predicted octanol–water partition coefficient (Wildman–Crippen LogP) is 4.23. The number of rotatable bonds is 3. The molecule has 2 aromatic rings. The van der Waals surface area contributed by atoms with Crippen LogP contribution in [0.4, 0.5) is 0 Å². The average Bonchev–Trinajstić information content (AvgIpc) is 2.27. The second kappa shape index (κ2) is 5.55. The summed E-state index contributed by atoms with van der Waals surface area (Å²) >= 11 is 5.93. The minimum absolute atomic E-state index is 0.509. The van der Waals surface area contributed by atoms with Crippen molar-refractivity contribution in [1.82, 2.24) is 0 Å². The molecule has 0 radical (unpaired) electrons. The van der Waals surface area contributed by atoms with Gasteiger partial charge >= 0.3 is 0 Å². The van der Waals surface area contributed by atoms with Gasteiger partial charge in [-0.05, 0) is 37.1 Å². The third-order valence-corrected chi connectivity index (χ3v) is 3.18. The quantitative estimate of drug-likeness (QED) is 0.876. The van der Waals surface area contributed by atoms with Crippen LogP contribution in [0.1, 0.15) is 28.4 Å². The predicted molar refractivity (Wildman–Crippen MR) is 76.0 cm³/mol. The molecule has 0 aliphatic carbocycles. The van der Waals surface area contributed by atoms with E-state index < -0.39 is 6.10 Å². The molecular formula is C16H17ClO. The molecule has 2 rings (SSSR count). The number of aliphatic hydroxyl groups is 1. The lowest BCUT2D eigenvalue weighted by molar-refractivity contribution is 0.178.